The first kappa shape index (κ1) is 32.2. The number of methoxy groups -OCH3 is 1. The van der Waals surface area contributed by atoms with Crippen molar-refractivity contribution in [2.45, 2.75) is 43.8 Å². The number of Topliss-reactive ketones (excluding diaryl/α,β-unsaturated/α-hetero) is 1. The monoisotopic (exact) mass is 688 g/mol. The van der Waals surface area contributed by atoms with Crippen LogP contribution in [-0.4, -0.2) is 82.0 Å². The number of anilines is 1. The summed E-state index contributed by atoms with van der Waals surface area (Å²) in [6.45, 7) is 0.166. The van der Waals surface area contributed by atoms with Gasteiger partial charge >= 0.3 is 12.2 Å². The molecule has 1 saturated heterocycles. The number of hydrogen-bond acceptors (Lipinski definition) is 7. The zero-order valence-electron chi connectivity index (χ0n) is 27.8. The van der Waals surface area contributed by atoms with Gasteiger partial charge in [-0.25, -0.2) is 14.6 Å². The molecule has 4 aromatic rings. The largest absolute Gasteiger partial charge is 0.465 e. The van der Waals surface area contributed by atoms with Crippen LogP contribution in [0.3, 0.4) is 0 Å². The van der Waals surface area contributed by atoms with E-state index in [4.69, 9.17) is 9.72 Å². The van der Waals surface area contributed by atoms with Crippen LogP contribution in [0.5, 0.6) is 0 Å². The first-order chi connectivity index (χ1) is 24.7. The summed E-state index contributed by atoms with van der Waals surface area (Å²) < 4.78 is 4.78. The molecule has 1 aromatic heterocycles. The molecule has 0 radical (unpaired) electrons. The van der Waals surface area contributed by atoms with Crippen molar-refractivity contribution < 1.29 is 33.8 Å². The summed E-state index contributed by atoms with van der Waals surface area (Å²) in [6.07, 6.45) is 2.57. The molecule has 1 saturated carbocycles. The lowest BCUT2D eigenvalue weighted by Crippen LogP contribution is -2.48. The minimum absolute atomic E-state index is 0.0435. The van der Waals surface area contributed by atoms with E-state index >= 15 is 0 Å². The lowest BCUT2D eigenvalue weighted by molar-refractivity contribution is -0.125. The smallest absolute Gasteiger partial charge is 0.407 e. The van der Waals surface area contributed by atoms with Crippen LogP contribution >= 0.6 is 0 Å². The number of fused-ring (bicyclic) bond motifs is 1. The summed E-state index contributed by atoms with van der Waals surface area (Å²) in [7, 11) is 1.28. The highest BCUT2D eigenvalue weighted by Crippen LogP contribution is 2.49. The molecule has 2 fully saturated rings. The molecule has 3 aromatic carbocycles. The Bertz CT molecular complexity index is 2060. The molecule has 0 bridgehead atoms. The number of carbonyl (C=O) groups is 5. The Morgan fingerprint density at radius 1 is 0.980 bits per heavy atom. The number of aromatic nitrogens is 2. The van der Waals surface area contributed by atoms with Gasteiger partial charge in [-0.15, -0.1) is 0 Å². The summed E-state index contributed by atoms with van der Waals surface area (Å²) in [5, 5.41) is 14.8. The molecule has 3 aliphatic heterocycles. The molecular weight excluding hydrogens is 652 g/mol. The number of rotatable bonds is 8. The first-order valence-electron chi connectivity index (χ1n) is 17.0. The number of amides is 4. The lowest BCUT2D eigenvalue weighted by Gasteiger charge is -2.27. The normalized spacial score (nSPS) is 22.8. The van der Waals surface area contributed by atoms with E-state index in [0.717, 1.165) is 45.6 Å². The van der Waals surface area contributed by atoms with Crippen molar-refractivity contribution in [1.82, 2.24) is 25.5 Å². The number of ether oxygens (including phenoxy) is 1. The number of ketones is 1. The zero-order valence-corrected chi connectivity index (χ0v) is 27.8. The molecule has 5 atom stereocenters. The molecule has 13 heteroatoms. The minimum Gasteiger partial charge on any atom is -0.465 e. The second-order valence-corrected chi connectivity index (χ2v) is 13.6. The van der Waals surface area contributed by atoms with Crippen LogP contribution in [0.25, 0.3) is 22.4 Å². The van der Waals surface area contributed by atoms with Gasteiger partial charge in [-0.3, -0.25) is 24.2 Å². The maximum atomic E-state index is 13.8. The first-order valence-corrected chi connectivity index (χ1v) is 17.0. The lowest BCUT2D eigenvalue weighted by atomic mass is 10.0. The van der Waals surface area contributed by atoms with Crippen LogP contribution in [0, 0.1) is 11.8 Å². The summed E-state index contributed by atoms with van der Waals surface area (Å²) in [5.41, 5.74) is 7.03. The fourth-order valence-corrected chi connectivity index (χ4v) is 7.90. The molecule has 51 heavy (non-hydrogen) atoms. The van der Waals surface area contributed by atoms with Crippen LogP contribution in [-0.2, 0) is 27.2 Å². The van der Waals surface area contributed by atoms with Crippen LogP contribution in [0.1, 0.15) is 46.2 Å². The fourth-order valence-electron chi connectivity index (χ4n) is 7.90. The highest BCUT2D eigenvalue weighted by Gasteiger charge is 2.57. The molecule has 8 rings (SSSR count). The Hall–Kier alpha value is -5.98. The van der Waals surface area contributed by atoms with Crippen LogP contribution in [0.15, 0.2) is 72.9 Å². The Morgan fingerprint density at radius 2 is 1.69 bits per heavy atom. The van der Waals surface area contributed by atoms with Crippen LogP contribution in [0.4, 0.5) is 15.3 Å². The Balaban J connectivity index is 0.931. The third kappa shape index (κ3) is 5.88. The second-order valence-electron chi connectivity index (χ2n) is 13.6. The van der Waals surface area contributed by atoms with E-state index in [1.807, 2.05) is 54.6 Å². The zero-order chi connectivity index (χ0) is 35.4. The van der Waals surface area contributed by atoms with Crippen molar-refractivity contribution >= 4 is 35.5 Å². The number of H-pyrrole nitrogens is 1. The van der Waals surface area contributed by atoms with E-state index in [2.05, 4.69) is 15.6 Å². The molecule has 0 spiro atoms. The number of piperidine rings is 1. The topological polar surface area (TPSA) is 174 Å². The van der Waals surface area contributed by atoms with Gasteiger partial charge < -0.3 is 25.5 Å². The van der Waals surface area contributed by atoms with E-state index in [-0.39, 0.29) is 36.1 Å². The molecule has 4 heterocycles. The number of alkyl carbamates (subject to hydrolysis) is 1. The number of carbonyl (C=O) groups excluding carboxylic acids is 4. The molecule has 13 nitrogen and oxygen atoms in total. The van der Waals surface area contributed by atoms with E-state index in [9.17, 15) is 29.1 Å². The van der Waals surface area contributed by atoms with Gasteiger partial charge in [-0.1, -0.05) is 66.7 Å². The van der Waals surface area contributed by atoms with E-state index in [1.54, 1.807) is 23.2 Å². The van der Waals surface area contributed by atoms with E-state index < -0.39 is 30.2 Å². The van der Waals surface area contributed by atoms with Gasteiger partial charge in [0.2, 0.25) is 11.8 Å². The van der Waals surface area contributed by atoms with Gasteiger partial charge in [0.1, 0.15) is 17.9 Å². The fraction of sp³-hybridized carbons (Fsp3) is 0.316. The Morgan fingerprint density at radius 3 is 2.41 bits per heavy atom. The van der Waals surface area contributed by atoms with Crippen molar-refractivity contribution in [3.63, 3.8) is 0 Å². The Labute approximate surface area is 293 Å². The third-order valence-corrected chi connectivity index (χ3v) is 10.6. The number of aromatic amines is 1. The standard InChI is InChI=1S/C38H36N6O7/c1-51-37(48)42-28-14-13-24-3-2-4-25-16-30(44(32(24)25)36(28)47)34-39-17-29(41-34)22-9-5-20(6-10-22)21-7-11-23(12-8-21)31(45)18-40-35(46)33-27-15-26(27)19-43(33)38(49)50/h2-12,17,26-28,30,33H,13-16,18-19H2,1H3,(H,39,41)(H,40,46)(H,42,48)(H,49,50)/t26?,27-,28-,30-,33?/m0/s1. The SMILES string of the molecule is COC(=O)N[C@H]1CCc2cccc3c2N(C1=O)[C@H](c1ncc(-c2ccc(-c4ccc(C(=O)CNC(=O)C5[C@H]6CC6CN5C(=O)O)cc4)cc2)[nH]1)C3. The number of nitrogens with zero attached hydrogens (tertiary/aromatic N) is 3. The summed E-state index contributed by atoms with van der Waals surface area (Å²) in [5.74, 6) is 0.0639. The number of benzene rings is 3. The van der Waals surface area contributed by atoms with E-state index in [1.165, 1.54) is 12.0 Å². The molecule has 2 unspecified atom stereocenters. The maximum absolute atomic E-state index is 13.8. The van der Waals surface area contributed by atoms with Crippen molar-refractivity contribution in [2.75, 3.05) is 25.1 Å². The highest BCUT2D eigenvalue weighted by atomic mass is 16.5. The summed E-state index contributed by atoms with van der Waals surface area (Å²) in [4.78, 5) is 74.0. The number of para-hydroxylation sites is 1. The van der Waals surface area contributed by atoms with Crippen molar-refractivity contribution in [2.24, 2.45) is 11.8 Å². The van der Waals surface area contributed by atoms with Crippen molar-refractivity contribution in [3.8, 4) is 22.4 Å². The number of imidazole rings is 1. The molecule has 4 amide bonds. The van der Waals surface area contributed by atoms with Crippen molar-refractivity contribution in [1.29, 1.82) is 0 Å². The van der Waals surface area contributed by atoms with Gasteiger partial charge in [0.25, 0.3) is 0 Å². The van der Waals surface area contributed by atoms with Gasteiger partial charge in [-0.05, 0) is 58.9 Å². The highest BCUT2D eigenvalue weighted by molar-refractivity contribution is 6.03. The maximum Gasteiger partial charge on any atom is 0.407 e. The number of hydrogen-bond donors (Lipinski definition) is 4. The molecular formula is C38H36N6O7. The molecule has 1 aliphatic carbocycles. The predicted molar refractivity (Wildman–Crippen MR) is 185 cm³/mol. The number of aryl methyl sites for hydroxylation is 1. The van der Waals surface area contributed by atoms with E-state index in [0.29, 0.717) is 37.2 Å². The quantitative estimate of drug-likeness (QED) is 0.198. The third-order valence-electron chi connectivity index (χ3n) is 10.6. The summed E-state index contributed by atoms with van der Waals surface area (Å²) in [6, 6.07) is 19.3. The minimum atomic E-state index is -1.11. The number of likely N-dealkylation sites (tertiary alicyclic amines) is 1. The average molecular weight is 689 g/mol. The van der Waals surface area contributed by atoms with Crippen molar-refractivity contribution in [3.05, 3.63) is 95.4 Å². The van der Waals surface area contributed by atoms with Gasteiger partial charge in [0.15, 0.2) is 5.78 Å². The van der Waals surface area contributed by atoms with Crippen LogP contribution in [0.2, 0.25) is 0 Å². The van der Waals surface area contributed by atoms with Gasteiger partial charge in [0, 0.05) is 18.5 Å². The second kappa shape index (κ2) is 12.7. The molecule has 4 aliphatic rings. The number of carboxylic acid groups (broad SMARTS) is 1. The predicted octanol–water partition coefficient (Wildman–Crippen LogP) is 4.34. The molecule has 4 N–H and O–H groups in total. The molecule has 260 valence electrons. The van der Waals surface area contributed by atoms with Gasteiger partial charge in [-0.2, -0.15) is 0 Å². The average Bonchev–Trinajstić information content (AvgIpc) is 3.45. The van der Waals surface area contributed by atoms with Crippen LogP contribution < -0.4 is 15.5 Å². The Kier molecular flexibility index (Phi) is 8.04. The summed E-state index contributed by atoms with van der Waals surface area (Å²) >= 11 is 0. The number of nitrogens with one attached hydrogen (secondary N) is 3. The van der Waals surface area contributed by atoms with Gasteiger partial charge in [0.05, 0.1) is 37.3 Å².